The van der Waals surface area contributed by atoms with Gasteiger partial charge in [-0.3, -0.25) is 14.4 Å². The van der Waals surface area contributed by atoms with Gasteiger partial charge in [0.25, 0.3) is 5.69 Å². The van der Waals surface area contributed by atoms with Gasteiger partial charge in [-0.05, 0) is 23.3 Å². The van der Waals surface area contributed by atoms with Gasteiger partial charge >= 0.3 is 0 Å². The van der Waals surface area contributed by atoms with Gasteiger partial charge in [0, 0.05) is 34.7 Å². The van der Waals surface area contributed by atoms with Crippen molar-refractivity contribution in [1.29, 1.82) is 0 Å². The smallest absolute Gasteiger partial charge is 0.259 e. The molecule has 1 aliphatic rings. The van der Waals surface area contributed by atoms with E-state index in [1.807, 2.05) is 30.3 Å². The molecule has 2 aromatic rings. The van der Waals surface area contributed by atoms with Crippen LogP contribution in [-0.4, -0.2) is 35.4 Å². The molecule has 1 aliphatic heterocycles. The molecular formula is C18H18N2O4S3. The van der Waals surface area contributed by atoms with Crippen LogP contribution in [0.15, 0.2) is 60.8 Å². The second-order valence-corrected chi connectivity index (χ2v) is 10.1. The van der Waals surface area contributed by atoms with Crippen molar-refractivity contribution >= 4 is 44.1 Å². The molecule has 9 heteroatoms. The lowest BCUT2D eigenvalue weighted by Crippen LogP contribution is -2.29. The van der Waals surface area contributed by atoms with E-state index in [-0.39, 0.29) is 5.69 Å². The first-order valence-electron chi connectivity index (χ1n) is 8.11. The maximum Gasteiger partial charge on any atom is 0.269 e. The van der Waals surface area contributed by atoms with Crippen molar-refractivity contribution in [3.63, 3.8) is 0 Å². The molecule has 0 saturated carbocycles. The number of thioether (sulfide) groups is 2. The molecule has 142 valence electrons. The fraction of sp³-hybridized carbons (Fsp3) is 0.222. The number of nitro benzene ring substituents is 1. The van der Waals surface area contributed by atoms with Crippen LogP contribution < -0.4 is 0 Å². The molecule has 1 heterocycles. The van der Waals surface area contributed by atoms with Gasteiger partial charge in [0.15, 0.2) is 0 Å². The number of sulfonamides is 1. The lowest BCUT2D eigenvalue weighted by Gasteiger charge is -2.31. The second kappa shape index (κ2) is 8.37. The quantitative estimate of drug-likeness (QED) is 0.539. The molecule has 0 aliphatic carbocycles. The number of hydrogen-bond acceptors (Lipinski definition) is 6. The summed E-state index contributed by atoms with van der Waals surface area (Å²) in [7, 11) is -3.54. The van der Waals surface area contributed by atoms with Crippen LogP contribution >= 0.6 is 23.5 Å². The summed E-state index contributed by atoms with van der Waals surface area (Å²) in [4.78, 5) is 11.3. The van der Waals surface area contributed by atoms with Crippen molar-refractivity contribution in [2.75, 3.05) is 17.8 Å². The molecule has 27 heavy (non-hydrogen) atoms. The summed E-state index contributed by atoms with van der Waals surface area (Å²) in [5.41, 5.74) is 1.66. The van der Waals surface area contributed by atoms with Crippen LogP contribution in [0, 0.1) is 10.1 Å². The molecular weight excluding hydrogens is 404 g/mol. The standard InChI is InChI=1S/C18H18N2O4S3/c1-27(23,24)19-13-17(14-5-3-2-4-6-14)25-11-12-26-18(19)15-7-9-16(10-8-15)20(21)22/h2-10,13,18H,11-12H2,1H3/b17-13-. The maximum absolute atomic E-state index is 12.5. The Morgan fingerprint density at radius 2 is 1.74 bits per heavy atom. The molecule has 0 radical (unpaired) electrons. The van der Waals surface area contributed by atoms with Crippen LogP contribution in [0.4, 0.5) is 5.69 Å². The van der Waals surface area contributed by atoms with E-state index in [2.05, 4.69) is 0 Å². The van der Waals surface area contributed by atoms with Crippen LogP contribution in [0.1, 0.15) is 16.5 Å². The van der Waals surface area contributed by atoms with E-state index in [9.17, 15) is 18.5 Å². The molecule has 1 unspecified atom stereocenters. The predicted molar refractivity (Wildman–Crippen MR) is 112 cm³/mol. The van der Waals surface area contributed by atoms with Crippen LogP contribution in [0.25, 0.3) is 4.91 Å². The Morgan fingerprint density at radius 3 is 2.33 bits per heavy atom. The number of hydrogen-bond donors (Lipinski definition) is 0. The largest absolute Gasteiger partial charge is 0.269 e. The Morgan fingerprint density at radius 1 is 1.07 bits per heavy atom. The van der Waals surface area contributed by atoms with Crippen molar-refractivity contribution in [3.8, 4) is 0 Å². The highest BCUT2D eigenvalue weighted by atomic mass is 32.2. The molecule has 0 amide bonds. The number of non-ortho nitro benzene ring substituents is 1. The molecule has 0 N–H and O–H groups in total. The average molecular weight is 423 g/mol. The van der Waals surface area contributed by atoms with Crippen molar-refractivity contribution in [2.45, 2.75) is 5.37 Å². The van der Waals surface area contributed by atoms with Gasteiger partial charge < -0.3 is 0 Å². The van der Waals surface area contributed by atoms with Crippen molar-refractivity contribution in [1.82, 2.24) is 4.31 Å². The first kappa shape index (κ1) is 19.8. The third-order valence-corrected chi connectivity index (χ3v) is 7.71. The van der Waals surface area contributed by atoms with Crippen LogP contribution in [-0.2, 0) is 10.0 Å². The normalized spacial score (nSPS) is 20.3. The Labute approximate surface area is 166 Å². The molecule has 0 bridgehead atoms. The number of rotatable bonds is 4. The summed E-state index contributed by atoms with van der Waals surface area (Å²) in [6, 6.07) is 15.7. The van der Waals surface area contributed by atoms with Crippen LogP contribution in [0.3, 0.4) is 0 Å². The van der Waals surface area contributed by atoms with Crippen molar-refractivity contribution < 1.29 is 13.3 Å². The molecule has 0 aromatic heterocycles. The summed E-state index contributed by atoms with van der Waals surface area (Å²) in [5, 5.41) is 10.4. The van der Waals surface area contributed by atoms with Gasteiger partial charge in [0.2, 0.25) is 10.0 Å². The Hall–Kier alpha value is -1.97. The van der Waals surface area contributed by atoms with E-state index in [1.165, 1.54) is 34.5 Å². The van der Waals surface area contributed by atoms with E-state index in [4.69, 9.17) is 0 Å². The average Bonchev–Trinajstić information content (AvgIpc) is 2.62. The summed E-state index contributed by atoms with van der Waals surface area (Å²) < 4.78 is 26.4. The van der Waals surface area contributed by atoms with Crippen molar-refractivity contribution in [3.05, 3.63) is 82.0 Å². The van der Waals surface area contributed by atoms with E-state index >= 15 is 0 Å². The summed E-state index contributed by atoms with van der Waals surface area (Å²) >= 11 is 3.13. The van der Waals surface area contributed by atoms with Gasteiger partial charge in [0.1, 0.15) is 5.37 Å². The number of nitrogens with zero attached hydrogens (tertiary/aromatic N) is 2. The lowest BCUT2D eigenvalue weighted by molar-refractivity contribution is -0.384. The van der Waals surface area contributed by atoms with Gasteiger partial charge in [0.05, 0.1) is 11.2 Å². The summed E-state index contributed by atoms with van der Waals surface area (Å²) in [5.74, 6) is 1.59. The van der Waals surface area contributed by atoms with Gasteiger partial charge in [-0.1, -0.05) is 30.3 Å². The van der Waals surface area contributed by atoms with Crippen molar-refractivity contribution in [2.24, 2.45) is 0 Å². The van der Waals surface area contributed by atoms with E-state index in [0.29, 0.717) is 5.56 Å². The third kappa shape index (κ3) is 4.85. The summed E-state index contributed by atoms with van der Waals surface area (Å²) in [6.45, 7) is 0. The maximum atomic E-state index is 12.5. The molecule has 1 atom stereocenters. The molecule has 0 fully saturated rings. The first-order chi connectivity index (χ1) is 12.9. The van der Waals surface area contributed by atoms with Crippen LogP contribution in [0.5, 0.6) is 0 Å². The van der Waals surface area contributed by atoms with E-state index < -0.39 is 20.3 Å². The van der Waals surface area contributed by atoms with Gasteiger partial charge in [-0.2, -0.15) is 0 Å². The molecule has 2 aromatic carbocycles. The zero-order chi connectivity index (χ0) is 19.4. The molecule has 6 nitrogen and oxygen atoms in total. The molecule has 3 rings (SSSR count). The monoisotopic (exact) mass is 422 g/mol. The lowest BCUT2D eigenvalue weighted by atomic mass is 10.2. The second-order valence-electron chi connectivity index (χ2n) is 5.87. The first-order valence-corrected chi connectivity index (χ1v) is 12.0. The Balaban J connectivity index is 2.05. The SMILES string of the molecule is CS(=O)(=O)N1/C=C(/c2ccccc2)SCCSC1c1ccc([N+](=O)[O-])cc1. The van der Waals surface area contributed by atoms with E-state index in [0.717, 1.165) is 22.0 Å². The topological polar surface area (TPSA) is 80.5 Å². The number of nitro groups is 1. The zero-order valence-corrected chi connectivity index (χ0v) is 17.0. The molecule has 0 saturated heterocycles. The molecule has 0 spiro atoms. The minimum Gasteiger partial charge on any atom is -0.259 e. The predicted octanol–water partition coefficient (Wildman–Crippen LogP) is 4.33. The summed E-state index contributed by atoms with van der Waals surface area (Å²) in [6.07, 6.45) is 2.85. The highest BCUT2D eigenvalue weighted by Crippen LogP contribution is 2.41. The number of benzene rings is 2. The van der Waals surface area contributed by atoms with Gasteiger partial charge in [-0.15, -0.1) is 23.5 Å². The Kier molecular flexibility index (Phi) is 6.13. The van der Waals surface area contributed by atoms with E-state index in [1.54, 1.807) is 30.1 Å². The van der Waals surface area contributed by atoms with Crippen LogP contribution in [0.2, 0.25) is 0 Å². The third-order valence-electron chi connectivity index (χ3n) is 3.92. The zero-order valence-electron chi connectivity index (χ0n) is 14.5. The fourth-order valence-corrected chi connectivity index (χ4v) is 6.33. The minimum absolute atomic E-state index is 0.0171. The Bertz CT molecular complexity index is 944. The highest BCUT2D eigenvalue weighted by Gasteiger charge is 2.28. The highest BCUT2D eigenvalue weighted by molar-refractivity contribution is 8.09. The van der Waals surface area contributed by atoms with Gasteiger partial charge in [-0.25, -0.2) is 8.42 Å². The fourth-order valence-electron chi connectivity index (χ4n) is 2.64. The minimum atomic E-state index is -3.54.